The lowest BCUT2D eigenvalue weighted by Crippen LogP contribution is -2.76. The number of halogens is 1. The molecule has 0 spiro atoms. The second-order valence-corrected chi connectivity index (χ2v) is 10.2. The maximum absolute atomic E-state index is 14.0. The predicted molar refractivity (Wildman–Crippen MR) is 128 cm³/mol. The Morgan fingerprint density at radius 3 is 2.62 bits per heavy atom. The van der Waals surface area contributed by atoms with Gasteiger partial charge in [0.15, 0.2) is 5.76 Å². The van der Waals surface area contributed by atoms with Crippen molar-refractivity contribution in [3.8, 4) is 0 Å². The summed E-state index contributed by atoms with van der Waals surface area (Å²) in [4.78, 5) is 52.8. The predicted octanol–water partition coefficient (Wildman–Crippen LogP) is 2.45. The molecular formula is C26H25ClN2O8. The van der Waals surface area contributed by atoms with Gasteiger partial charge in [0.05, 0.1) is 43.0 Å². The van der Waals surface area contributed by atoms with Crippen molar-refractivity contribution in [1.82, 2.24) is 0 Å². The zero-order chi connectivity index (χ0) is 26.5. The second kappa shape index (κ2) is 9.13. The summed E-state index contributed by atoms with van der Waals surface area (Å²) in [7, 11) is 1.19. The van der Waals surface area contributed by atoms with Gasteiger partial charge < -0.3 is 30.1 Å². The topological polar surface area (TPSA) is 161 Å². The lowest BCUT2D eigenvalue weighted by molar-refractivity contribution is -0.179. The van der Waals surface area contributed by atoms with Crippen molar-refractivity contribution in [3.63, 3.8) is 0 Å². The maximum Gasteiger partial charge on any atom is 0.343 e. The van der Waals surface area contributed by atoms with E-state index in [4.69, 9.17) is 41.7 Å². The Morgan fingerprint density at radius 2 is 1.95 bits per heavy atom. The van der Waals surface area contributed by atoms with Crippen molar-refractivity contribution in [2.75, 3.05) is 7.11 Å². The van der Waals surface area contributed by atoms with Gasteiger partial charge in [-0.05, 0) is 43.2 Å². The molecule has 11 heteroatoms. The molecule has 2 aromatic rings. The Kier molecular flexibility index (Phi) is 6.21. The van der Waals surface area contributed by atoms with E-state index in [0.29, 0.717) is 10.6 Å². The first-order valence-corrected chi connectivity index (χ1v) is 12.1. The summed E-state index contributed by atoms with van der Waals surface area (Å²) in [6, 6.07) is 7.64. The van der Waals surface area contributed by atoms with Crippen LogP contribution in [-0.4, -0.2) is 41.9 Å². The third-order valence-corrected chi connectivity index (χ3v) is 7.94. The molecule has 10 nitrogen and oxygen atoms in total. The van der Waals surface area contributed by atoms with Gasteiger partial charge in [-0.3, -0.25) is 14.4 Å². The molecule has 1 saturated heterocycles. The molecule has 6 atom stereocenters. The van der Waals surface area contributed by atoms with E-state index in [0.717, 1.165) is 0 Å². The number of methoxy groups -OCH3 is 1. The number of benzene rings is 1. The highest BCUT2D eigenvalue weighted by Crippen LogP contribution is 2.55. The lowest BCUT2D eigenvalue weighted by Gasteiger charge is -2.58. The highest BCUT2D eigenvalue weighted by Gasteiger charge is 2.67. The molecule has 3 aliphatic rings. The number of ether oxygens (including phenoxy) is 3. The van der Waals surface area contributed by atoms with Crippen LogP contribution < -0.4 is 11.5 Å². The number of carbonyl (C=O) groups is 4. The molecule has 5 rings (SSSR count). The van der Waals surface area contributed by atoms with E-state index >= 15 is 0 Å². The quantitative estimate of drug-likeness (QED) is 0.445. The van der Waals surface area contributed by atoms with Crippen molar-refractivity contribution < 1.29 is 37.8 Å². The summed E-state index contributed by atoms with van der Waals surface area (Å²) in [5, 5.41) is 0.300. The summed E-state index contributed by atoms with van der Waals surface area (Å²) in [5.41, 5.74) is 11.4. The molecule has 2 fully saturated rings. The van der Waals surface area contributed by atoms with Gasteiger partial charge in [0.2, 0.25) is 5.78 Å². The molecule has 0 unspecified atom stereocenters. The van der Waals surface area contributed by atoms with E-state index < -0.39 is 64.4 Å². The van der Waals surface area contributed by atoms with Crippen molar-refractivity contribution in [2.45, 2.75) is 36.4 Å². The number of esters is 3. The summed E-state index contributed by atoms with van der Waals surface area (Å²) >= 11 is 5.98. The van der Waals surface area contributed by atoms with E-state index in [1.807, 2.05) is 0 Å². The van der Waals surface area contributed by atoms with Crippen LogP contribution in [0.2, 0.25) is 5.02 Å². The Balaban J connectivity index is 1.57. The molecular weight excluding hydrogens is 504 g/mol. The molecule has 1 aromatic heterocycles. The Bertz CT molecular complexity index is 1310. The average molecular weight is 529 g/mol. The minimum atomic E-state index is -1.50. The Labute approximate surface area is 216 Å². The molecule has 194 valence electrons. The zero-order valence-electron chi connectivity index (χ0n) is 19.8. The number of nitrogens with two attached hydrogens (primary N) is 2. The zero-order valence-corrected chi connectivity index (χ0v) is 20.6. The number of allylic oxidation sites excluding steroid dienone is 1. The van der Waals surface area contributed by atoms with E-state index in [1.165, 1.54) is 37.8 Å². The monoisotopic (exact) mass is 528 g/mol. The van der Waals surface area contributed by atoms with Crippen molar-refractivity contribution in [3.05, 3.63) is 70.8 Å². The number of carbonyl (C=O) groups excluding carboxylic acids is 4. The SMILES string of the molecule is COC(=O)[C@@H]1C=C(OC(=O)c2cccc(Cl)c2)C(=O)[C@H]2[C@@]1(N)CC[C@H]1C(=O)O[C@H](c3ccoc3)C[C@]21N. The van der Waals surface area contributed by atoms with Crippen LogP contribution in [0.3, 0.4) is 0 Å². The van der Waals surface area contributed by atoms with Gasteiger partial charge in [0.1, 0.15) is 6.10 Å². The smallest absolute Gasteiger partial charge is 0.343 e. The molecule has 0 amide bonds. The summed E-state index contributed by atoms with van der Waals surface area (Å²) in [6.07, 6.45) is 3.65. The van der Waals surface area contributed by atoms with Gasteiger partial charge >= 0.3 is 17.9 Å². The molecule has 1 saturated carbocycles. The van der Waals surface area contributed by atoms with Crippen LogP contribution in [-0.2, 0) is 28.6 Å². The van der Waals surface area contributed by atoms with Gasteiger partial charge in [-0.2, -0.15) is 0 Å². The first-order valence-electron chi connectivity index (χ1n) is 11.7. The molecule has 37 heavy (non-hydrogen) atoms. The van der Waals surface area contributed by atoms with Crippen LogP contribution in [0.4, 0.5) is 0 Å². The highest BCUT2D eigenvalue weighted by atomic mass is 35.5. The maximum atomic E-state index is 14.0. The Hall–Kier alpha value is -3.47. The van der Waals surface area contributed by atoms with Gasteiger partial charge in [-0.25, -0.2) is 4.79 Å². The number of Topliss-reactive ketones (excluding diaryl/α,β-unsaturated/α-hetero) is 1. The fourth-order valence-electron chi connectivity index (χ4n) is 5.96. The minimum absolute atomic E-state index is 0.0434. The van der Waals surface area contributed by atoms with Crippen LogP contribution >= 0.6 is 11.6 Å². The lowest BCUT2D eigenvalue weighted by atomic mass is 9.50. The number of hydrogen-bond donors (Lipinski definition) is 2. The largest absolute Gasteiger partial charge is 0.472 e. The van der Waals surface area contributed by atoms with E-state index in [9.17, 15) is 19.2 Å². The second-order valence-electron chi connectivity index (χ2n) is 9.73. The fraction of sp³-hybridized carbons (Fsp3) is 0.385. The van der Waals surface area contributed by atoms with Crippen LogP contribution in [0, 0.1) is 17.8 Å². The fourth-order valence-corrected chi connectivity index (χ4v) is 6.15. The number of fused-ring (bicyclic) bond motifs is 3. The normalized spacial score (nSPS) is 32.9. The summed E-state index contributed by atoms with van der Waals surface area (Å²) in [6.45, 7) is 0. The number of hydrogen-bond acceptors (Lipinski definition) is 10. The first kappa shape index (κ1) is 25.2. The molecule has 0 radical (unpaired) electrons. The summed E-state index contributed by atoms with van der Waals surface area (Å²) < 4.78 is 21.2. The van der Waals surface area contributed by atoms with Crippen LogP contribution in [0.25, 0.3) is 0 Å². The number of rotatable bonds is 4. The van der Waals surface area contributed by atoms with Gasteiger partial charge in [0.25, 0.3) is 0 Å². The number of cyclic esters (lactones) is 1. The molecule has 1 aromatic carbocycles. The first-order chi connectivity index (χ1) is 17.6. The molecule has 2 aliphatic carbocycles. The Morgan fingerprint density at radius 1 is 1.16 bits per heavy atom. The van der Waals surface area contributed by atoms with Crippen LogP contribution in [0.5, 0.6) is 0 Å². The molecule has 2 heterocycles. The van der Waals surface area contributed by atoms with E-state index in [-0.39, 0.29) is 24.8 Å². The van der Waals surface area contributed by atoms with Crippen molar-refractivity contribution in [2.24, 2.45) is 29.2 Å². The standard InChI is InChI=1S/C26H25ClN2O8/c1-34-23(32)17-10-18(36-22(31)13-3-2-4-15(27)9-13)20(30)21-25(17,28)7-5-16-24(33)37-19(11-26(16,21)29)14-6-8-35-12-14/h2-4,6,8-10,12,16-17,19,21H,5,7,11,28-29H2,1H3/t16-,17-,19-,21-,25+,26+/m0/s1. The third kappa shape index (κ3) is 4.05. The van der Waals surface area contributed by atoms with Gasteiger partial charge in [0, 0.05) is 28.1 Å². The van der Waals surface area contributed by atoms with Crippen molar-refractivity contribution >= 4 is 35.3 Å². The number of ketones is 1. The highest BCUT2D eigenvalue weighted by molar-refractivity contribution is 6.30. The van der Waals surface area contributed by atoms with Crippen molar-refractivity contribution in [1.29, 1.82) is 0 Å². The van der Waals surface area contributed by atoms with E-state index in [1.54, 1.807) is 18.2 Å². The van der Waals surface area contributed by atoms with Crippen LogP contribution in [0.1, 0.15) is 41.3 Å². The minimum Gasteiger partial charge on any atom is -0.472 e. The van der Waals surface area contributed by atoms with E-state index in [2.05, 4.69) is 0 Å². The van der Waals surface area contributed by atoms with Gasteiger partial charge in [-0.15, -0.1) is 0 Å². The summed E-state index contributed by atoms with van der Waals surface area (Å²) in [5.74, 6) is -6.48. The number of furan rings is 1. The third-order valence-electron chi connectivity index (χ3n) is 7.71. The van der Waals surface area contributed by atoms with Crippen LogP contribution in [0.15, 0.2) is 59.1 Å². The molecule has 4 N–H and O–H groups in total. The van der Waals surface area contributed by atoms with Gasteiger partial charge in [-0.1, -0.05) is 17.7 Å². The molecule has 1 aliphatic heterocycles. The average Bonchev–Trinajstić information content (AvgIpc) is 3.39. The molecule has 0 bridgehead atoms.